The van der Waals surface area contributed by atoms with E-state index in [0.29, 0.717) is 0 Å². The molecule has 7 heteroatoms. The zero-order chi connectivity index (χ0) is 17.3. The van der Waals surface area contributed by atoms with Crippen LogP contribution in [0.2, 0.25) is 0 Å². The molecule has 0 amide bonds. The SMILES string of the molecule is CN(C)/N=C/C[n+]1ccccc1.Cc1ccc(S(=O)(=O)[O-])cc1. The Bertz CT molecular complexity index is 712. The molecule has 0 N–H and O–H groups in total. The molecule has 1 aromatic carbocycles. The molecule has 6 nitrogen and oxygen atoms in total. The first-order valence-corrected chi connectivity index (χ1v) is 8.36. The summed E-state index contributed by atoms with van der Waals surface area (Å²) >= 11 is 0. The van der Waals surface area contributed by atoms with Gasteiger partial charge in [0.1, 0.15) is 10.1 Å². The topological polar surface area (TPSA) is 76.7 Å². The molecule has 0 saturated carbocycles. The zero-order valence-corrected chi connectivity index (χ0v) is 14.3. The third-order valence-corrected chi connectivity index (χ3v) is 3.54. The van der Waals surface area contributed by atoms with Crippen molar-refractivity contribution in [1.29, 1.82) is 0 Å². The van der Waals surface area contributed by atoms with Gasteiger partial charge in [0.15, 0.2) is 18.9 Å². The quantitative estimate of drug-likeness (QED) is 0.366. The van der Waals surface area contributed by atoms with Gasteiger partial charge in [-0.1, -0.05) is 23.8 Å². The molecule has 0 radical (unpaired) electrons. The first-order chi connectivity index (χ1) is 10.8. The van der Waals surface area contributed by atoms with Crippen LogP contribution in [0.5, 0.6) is 0 Å². The van der Waals surface area contributed by atoms with E-state index in [1.807, 2.05) is 57.8 Å². The lowest BCUT2D eigenvalue weighted by Gasteiger charge is -2.05. The summed E-state index contributed by atoms with van der Waals surface area (Å²) in [6.45, 7) is 2.64. The summed E-state index contributed by atoms with van der Waals surface area (Å²) in [4.78, 5) is -0.178. The highest BCUT2D eigenvalue weighted by atomic mass is 32.2. The molecule has 0 aliphatic carbocycles. The Hall–Kier alpha value is -2.25. The van der Waals surface area contributed by atoms with E-state index < -0.39 is 10.1 Å². The van der Waals surface area contributed by atoms with Crippen LogP contribution in [0.15, 0.2) is 64.9 Å². The molecular formula is C16H21N3O3S. The third-order valence-electron chi connectivity index (χ3n) is 2.69. The van der Waals surface area contributed by atoms with Crippen molar-refractivity contribution in [1.82, 2.24) is 5.01 Å². The molecule has 0 unspecified atom stereocenters. The molecule has 124 valence electrons. The first kappa shape index (κ1) is 18.8. The van der Waals surface area contributed by atoms with Crippen molar-refractivity contribution < 1.29 is 17.5 Å². The average Bonchev–Trinajstić information content (AvgIpc) is 2.48. The number of aryl methyl sites for hydroxylation is 1. The summed E-state index contributed by atoms with van der Waals surface area (Å²) in [5, 5.41) is 5.89. The van der Waals surface area contributed by atoms with Crippen LogP contribution in [-0.2, 0) is 16.7 Å². The lowest BCUT2D eigenvalue weighted by atomic mass is 10.2. The minimum absolute atomic E-state index is 0.178. The van der Waals surface area contributed by atoms with Crippen molar-refractivity contribution in [3.8, 4) is 0 Å². The van der Waals surface area contributed by atoms with E-state index in [4.69, 9.17) is 0 Å². The normalized spacial score (nSPS) is 11.0. The predicted octanol–water partition coefficient (Wildman–Crippen LogP) is 1.42. The highest BCUT2D eigenvalue weighted by molar-refractivity contribution is 7.85. The van der Waals surface area contributed by atoms with Crippen LogP contribution < -0.4 is 4.57 Å². The molecule has 0 saturated heterocycles. The molecule has 0 aliphatic heterocycles. The molecule has 0 bridgehead atoms. The molecule has 2 aromatic rings. The second kappa shape index (κ2) is 9.02. The van der Waals surface area contributed by atoms with Crippen molar-refractivity contribution >= 4 is 16.3 Å². The average molecular weight is 335 g/mol. The van der Waals surface area contributed by atoms with Gasteiger partial charge in [-0.15, -0.1) is 0 Å². The number of rotatable bonds is 4. The Kier molecular flexibility index (Phi) is 7.37. The fourth-order valence-electron chi connectivity index (χ4n) is 1.56. The summed E-state index contributed by atoms with van der Waals surface area (Å²) in [6.07, 6.45) is 5.91. The fraction of sp³-hybridized carbons (Fsp3) is 0.250. The van der Waals surface area contributed by atoms with Gasteiger partial charge in [0.2, 0.25) is 0 Å². The van der Waals surface area contributed by atoms with Gasteiger partial charge >= 0.3 is 0 Å². The largest absolute Gasteiger partial charge is 0.744 e. The summed E-state index contributed by atoms with van der Waals surface area (Å²) < 4.78 is 33.2. The number of aromatic nitrogens is 1. The van der Waals surface area contributed by atoms with Crippen molar-refractivity contribution in [3.63, 3.8) is 0 Å². The maximum atomic E-state index is 10.4. The smallest absolute Gasteiger partial charge is 0.185 e. The van der Waals surface area contributed by atoms with E-state index in [1.54, 1.807) is 17.1 Å². The molecule has 1 heterocycles. The van der Waals surface area contributed by atoms with E-state index in [1.165, 1.54) is 12.1 Å². The maximum Gasteiger partial charge on any atom is 0.185 e. The van der Waals surface area contributed by atoms with Crippen LogP contribution in [-0.4, -0.2) is 38.3 Å². The molecule has 0 fully saturated rings. The summed E-state index contributed by atoms with van der Waals surface area (Å²) in [5.41, 5.74) is 0.928. The molecule has 0 aliphatic rings. The fourth-order valence-corrected chi connectivity index (χ4v) is 2.02. The van der Waals surface area contributed by atoms with Gasteiger partial charge in [-0.3, -0.25) is 0 Å². The molecule has 1 aromatic heterocycles. The van der Waals surface area contributed by atoms with Gasteiger partial charge in [0.05, 0.1) is 11.1 Å². The van der Waals surface area contributed by atoms with Gasteiger partial charge in [0, 0.05) is 26.2 Å². The third kappa shape index (κ3) is 8.08. The van der Waals surface area contributed by atoms with Gasteiger partial charge < -0.3 is 9.56 Å². The van der Waals surface area contributed by atoms with Crippen molar-refractivity contribution in [2.75, 3.05) is 14.1 Å². The second-order valence-electron chi connectivity index (χ2n) is 4.98. The van der Waals surface area contributed by atoms with Crippen molar-refractivity contribution in [2.24, 2.45) is 5.10 Å². The van der Waals surface area contributed by atoms with E-state index in [9.17, 15) is 13.0 Å². The first-order valence-electron chi connectivity index (χ1n) is 6.95. The van der Waals surface area contributed by atoms with Crippen LogP contribution in [0.4, 0.5) is 0 Å². The Labute approximate surface area is 137 Å². The Balaban J connectivity index is 0.000000231. The lowest BCUT2D eigenvalue weighted by molar-refractivity contribution is -0.681. The summed E-state index contributed by atoms with van der Waals surface area (Å²) in [6, 6.07) is 11.8. The molecule has 0 atom stereocenters. The number of hydrogen-bond donors (Lipinski definition) is 0. The summed E-state index contributed by atoms with van der Waals surface area (Å²) in [5.74, 6) is 0. The molecule has 2 rings (SSSR count). The highest BCUT2D eigenvalue weighted by Crippen LogP contribution is 2.08. The van der Waals surface area contributed by atoms with Gasteiger partial charge in [0.25, 0.3) is 0 Å². The minimum Gasteiger partial charge on any atom is -0.744 e. The van der Waals surface area contributed by atoms with Crippen LogP contribution in [0.25, 0.3) is 0 Å². The Morgan fingerprint density at radius 3 is 2.17 bits per heavy atom. The summed E-state index contributed by atoms with van der Waals surface area (Å²) in [7, 11) is -0.452. The number of hydrazone groups is 1. The Morgan fingerprint density at radius 1 is 1.13 bits per heavy atom. The van der Waals surface area contributed by atoms with E-state index in [2.05, 4.69) is 9.67 Å². The van der Waals surface area contributed by atoms with Crippen molar-refractivity contribution in [2.45, 2.75) is 18.4 Å². The number of pyridine rings is 1. The molecule has 23 heavy (non-hydrogen) atoms. The maximum absolute atomic E-state index is 10.4. The van der Waals surface area contributed by atoms with Crippen LogP contribution in [0, 0.1) is 6.92 Å². The number of nitrogens with zero attached hydrogens (tertiary/aromatic N) is 3. The predicted molar refractivity (Wildman–Crippen MR) is 88.0 cm³/mol. The lowest BCUT2D eigenvalue weighted by Crippen LogP contribution is -2.33. The van der Waals surface area contributed by atoms with Gasteiger partial charge in [-0.05, 0) is 19.1 Å². The zero-order valence-electron chi connectivity index (χ0n) is 13.5. The minimum atomic E-state index is -4.27. The molecular weight excluding hydrogens is 314 g/mol. The van der Waals surface area contributed by atoms with Gasteiger partial charge in [-0.25, -0.2) is 8.42 Å². The highest BCUT2D eigenvalue weighted by Gasteiger charge is 1.97. The van der Waals surface area contributed by atoms with E-state index in [-0.39, 0.29) is 4.90 Å². The van der Waals surface area contributed by atoms with Crippen LogP contribution in [0.1, 0.15) is 5.56 Å². The number of benzene rings is 1. The van der Waals surface area contributed by atoms with Gasteiger partial charge in [-0.2, -0.15) is 9.67 Å². The molecule has 0 spiro atoms. The monoisotopic (exact) mass is 335 g/mol. The van der Waals surface area contributed by atoms with E-state index >= 15 is 0 Å². The second-order valence-corrected chi connectivity index (χ2v) is 6.36. The van der Waals surface area contributed by atoms with Crippen LogP contribution >= 0.6 is 0 Å². The standard InChI is InChI=1S/C9H14N3.C7H8O3S/c1-11(2)10-6-9-12-7-4-3-5-8-12;1-6-2-4-7(5-3-6)11(8,9)10/h3-8H,9H2,1-2H3;2-5H,1H3,(H,8,9,10)/q+1;/p-1/b10-6+;. The van der Waals surface area contributed by atoms with Crippen molar-refractivity contribution in [3.05, 3.63) is 60.4 Å². The van der Waals surface area contributed by atoms with E-state index in [0.717, 1.165) is 12.1 Å². The number of hydrogen-bond acceptors (Lipinski definition) is 5. The Morgan fingerprint density at radius 2 is 1.70 bits per heavy atom. The van der Waals surface area contributed by atoms with Crippen LogP contribution in [0.3, 0.4) is 0 Å².